The first-order chi connectivity index (χ1) is 9.90. The van der Waals surface area contributed by atoms with Crippen LogP contribution >= 0.6 is 0 Å². The standard InChI is InChI=1S/C17H34N2O2/c1-6-8-10-19(13-16(5)20)12-11-18(9-7-2)14-17(21)15(3)4/h15H,6-14H2,1-5H3. The van der Waals surface area contributed by atoms with Crippen molar-refractivity contribution in [1.82, 2.24) is 9.80 Å². The second-order valence-electron chi connectivity index (χ2n) is 6.23. The number of nitrogens with zero attached hydrogens (tertiary/aromatic N) is 2. The molecule has 0 aromatic carbocycles. The molecule has 0 radical (unpaired) electrons. The van der Waals surface area contributed by atoms with E-state index in [2.05, 4.69) is 23.6 Å². The maximum Gasteiger partial charge on any atom is 0.149 e. The molecule has 0 N–H and O–H groups in total. The molecule has 0 spiro atoms. The highest BCUT2D eigenvalue weighted by molar-refractivity contribution is 5.82. The Bertz CT molecular complexity index is 303. The van der Waals surface area contributed by atoms with Crippen LogP contribution < -0.4 is 0 Å². The van der Waals surface area contributed by atoms with Crippen LogP contribution in [0.15, 0.2) is 0 Å². The van der Waals surface area contributed by atoms with Crippen LogP contribution in [-0.4, -0.2) is 60.6 Å². The van der Waals surface area contributed by atoms with Crippen molar-refractivity contribution in [3.63, 3.8) is 0 Å². The Morgan fingerprint density at radius 1 is 0.857 bits per heavy atom. The molecule has 0 aromatic heterocycles. The Balaban J connectivity index is 4.38. The number of hydrogen-bond acceptors (Lipinski definition) is 4. The summed E-state index contributed by atoms with van der Waals surface area (Å²) < 4.78 is 0. The van der Waals surface area contributed by atoms with Crippen molar-refractivity contribution in [1.29, 1.82) is 0 Å². The second kappa shape index (κ2) is 11.9. The highest BCUT2D eigenvalue weighted by Crippen LogP contribution is 2.02. The predicted molar refractivity (Wildman–Crippen MR) is 88.6 cm³/mol. The fourth-order valence-electron chi connectivity index (χ4n) is 2.24. The molecule has 124 valence electrons. The van der Waals surface area contributed by atoms with E-state index in [9.17, 15) is 9.59 Å². The number of unbranched alkanes of at least 4 members (excludes halogenated alkanes) is 1. The van der Waals surface area contributed by atoms with E-state index in [1.807, 2.05) is 13.8 Å². The quantitative estimate of drug-likeness (QED) is 0.524. The molecular weight excluding hydrogens is 264 g/mol. The number of Topliss-reactive ketones (excluding diaryl/α,β-unsaturated/α-hetero) is 2. The summed E-state index contributed by atoms with van der Waals surface area (Å²) in [5.41, 5.74) is 0. The Kier molecular flexibility index (Phi) is 11.5. The summed E-state index contributed by atoms with van der Waals surface area (Å²) >= 11 is 0. The average Bonchev–Trinajstić information content (AvgIpc) is 2.41. The van der Waals surface area contributed by atoms with Gasteiger partial charge in [-0.2, -0.15) is 0 Å². The maximum atomic E-state index is 11.9. The molecule has 4 nitrogen and oxygen atoms in total. The van der Waals surface area contributed by atoms with Crippen molar-refractivity contribution in [2.24, 2.45) is 5.92 Å². The lowest BCUT2D eigenvalue weighted by Gasteiger charge is -2.27. The monoisotopic (exact) mass is 298 g/mol. The normalized spacial score (nSPS) is 11.6. The second-order valence-corrected chi connectivity index (χ2v) is 6.23. The number of carbonyl (C=O) groups is 2. The van der Waals surface area contributed by atoms with E-state index in [0.29, 0.717) is 18.9 Å². The molecule has 0 amide bonds. The van der Waals surface area contributed by atoms with E-state index in [1.165, 1.54) is 0 Å². The van der Waals surface area contributed by atoms with Gasteiger partial charge in [0, 0.05) is 19.0 Å². The third-order valence-corrected chi connectivity index (χ3v) is 3.57. The van der Waals surface area contributed by atoms with E-state index in [-0.39, 0.29) is 11.7 Å². The Hall–Kier alpha value is -0.740. The van der Waals surface area contributed by atoms with Gasteiger partial charge < -0.3 is 0 Å². The zero-order chi connectivity index (χ0) is 16.3. The Morgan fingerprint density at radius 2 is 1.43 bits per heavy atom. The van der Waals surface area contributed by atoms with Crippen LogP contribution in [0, 0.1) is 5.92 Å². The summed E-state index contributed by atoms with van der Waals surface area (Å²) in [6.07, 6.45) is 3.30. The fourth-order valence-corrected chi connectivity index (χ4v) is 2.24. The molecular formula is C17H34N2O2. The van der Waals surface area contributed by atoms with Gasteiger partial charge in [0.2, 0.25) is 0 Å². The van der Waals surface area contributed by atoms with Crippen LogP contribution in [0.4, 0.5) is 0 Å². The SMILES string of the molecule is CCCCN(CCN(CCC)CC(=O)C(C)C)CC(C)=O. The summed E-state index contributed by atoms with van der Waals surface area (Å²) in [7, 11) is 0. The summed E-state index contributed by atoms with van der Waals surface area (Å²) in [5, 5.41) is 0. The average molecular weight is 298 g/mol. The van der Waals surface area contributed by atoms with Gasteiger partial charge >= 0.3 is 0 Å². The molecule has 0 aromatic rings. The third-order valence-electron chi connectivity index (χ3n) is 3.57. The van der Waals surface area contributed by atoms with Gasteiger partial charge in [-0.1, -0.05) is 34.1 Å². The fraction of sp³-hybridized carbons (Fsp3) is 0.882. The first-order valence-corrected chi connectivity index (χ1v) is 8.37. The first-order valence-electron chi connectivity index (χ1n) is 8.37. The van der Waals surface area contributed by atoms with Gasteiger partial charge in [-0.05, 0) is 32.9 Å². The predicted octanol–water partition coefficient (Wildman–Crippen LogP) is 2.61. The van der Waals surface area contributed by atoms with Gasteiger partial charge in [-0.3, -0.25) is 19.4 Å². The molecule has 0 atom stereocenters. The van der Waals surface area contributed by atoms with Crippen molar-refractivity contribution >= 4 is 11.6 Å². The molecule has 0 rings (SSSR count). The van der Waals surface area contributed by atoms with Gasteiger partial charge in [0.05, 0.1) is 13.1 Å². The number of ketones is 2. The van der Waals surface area contributed by atoms with Gasteiger partial charge in [-0.25, -0.2) is 0 Å². The highest BCUT2D eigenvalue weighted by atomic mass is 16.1. The zero-order valence-corrected chi connectivity index (χ0v) is 14.7. The van der Waals surface area contributed by atoms with Crippen LogP contribution in [0.1, 0.15) is 53.9 Å². The minimum Gasteiger partial charge on any atom is -0.299 e. The van der Waals surface area contributed by atoms with Crippen LogP contribution in [0.5, 0.6) is 0 Å². The minimum absolute atomic E-state index is 0.0952. The van der Waals surface area contributed by atoms with Gasteiger partial charge in [0.1, 0.15) is 11.6 Å². The molecule has 0 unspecified atom stereocenters. The molecule has 0 fully saturated rings. The largest absolute Gasteiger partial charge is 0.299 e. The molecule has 0 heterocycles. The molecule has 0 aliphatic heterocycles. The van der Waals surface area contributed by atoms with E-state index in [4.69, 9.17) is 0 Å². The molecule has 0 saturated carbocycles. The summed E-state index contributed by atoms with van der Waals surface area (Å²) in [5.74, 6) is 0.610. The summed E-state index contributed by atoms with van der Waals surface area (Å²) in [6.45, 7) is 14.6. The smallest absolute Gasteiger partial charge is 0.149 e. The van der Waals surface area contributed by atoms with Crippen LogP contribution in [-0.2, 0) is 9.59 Å². The maximum absolute atomic E-state index is 11.9. The van der Waals surface area contributed by atoms with Gasteiger partial charge in [0.15, 0.2) is 0 Å². The van der Waals surface area contributed by atoms with Crippen molar-refractivity contribution in [2.45, 2.75) is 53.9 Å². The van der Waals surface area contributed by atoms with E-state index in [0.717, 1.165) is 45.4 Å². The molecule has 0 saturated heterocycles. The van der Waals surface area contributed by atoms with Crippen molar-refractivity contribution in [3.05, 3.63) is 0 Å². The highest BCUT2D eigenvalue weighted by Gasteiger charge is 2.15. The minimum atomic E-state index is 0.0952. The molecule has 4 heteroatoms. The van der Waals surface area contributed by atoms with Gasteiger partial charge in [-0.15, -0.1) is 0 Å². The lowest BCUT2D eigenvalue weighted by Crippen LogP contribution is -2.40. The lowest BCUT2D eigenvalue weighted by atomic mass is 10.1. The topological polar surface area (TPSA) is 40.6 Å². The van der Waals surface area contributed by atoms with E-state index in [1.54, 1.807) is 6.92 Å². The Labute approximate surface area is 130 Å². The molecule has 0 aliphatic rings. The van der Waals surface area contributed by atoms with Crippen molar-refractivity contribution in [2.75, 3.05) is 39.3 Å². The summed E-state index contributed by atoms with van der Waals surface area (Å²) in [4.78, 5) is 27.7. The van der Waals surface area contributed by atoms with Crippen molar-refractivity contribution in [3.8, 4) is 0 Å². The van der Waals surface area contributed by atoms with E-state index >= 15 is 0 Å². The summed E-state index contributed by atoms with van der Waals surface area (Å²) in [6, 6.07) is 0. The van der Waals surface area contributed by atoms with Crippen molar-refractivity contribution < 1.29 is 9.59 Å². The molecule has 21 heavy (non-hydrogen) atoms. The van der Waals surface area contributed by atoms with Gasteiger partial charge in [0.25, 0.3) is 0 Å². The lowest BCUT2D eigenvalue weighted by molar-refractivity contribution is -0.123. The number of carbonyl (C=O) groups excluding carboxylic acids is 2. The Morgan fingerprint density at radius 3 is 1.86 bits per heavy atom. The molecule has 0 aliphatic carbocycles. The zero-order valence-electron chi connectivity index (χ0n) is 14.7. The van der Waals surface area contributed by atoms with E-state index < -0.39 is 0 Å². The number of hydrogen-bond donors (Lipinski definition) is 0. The molecule has 0 bridgehead atoms. The van der Waals surface area contributed by atoms with Crippen LogP contribution in [0.3, 0.4) is 0 Å². The first kappa shape index (κ1) is 20.3. The number of rotatable bonds is 13. The van der Waals surface area contributed by atoms with Crippen LogP contribution in [0.25, 0.3) is 0 Å². The van der Waals surface area contributed by atoms with Crippen LogP contribution in [0.2, 0.25) is 0 Å². The third kappa shape index (κ3) is 10.6.